The summed E-state index contributed by atoms with van der Waals surface area (Å²) in [5.41, 5.74) is 0.553. The maximum Gasteiger partial charge on any atom is 0.257 e. The molecule has 2 atom stereocenters. The van der Waals surface area contributed by atoms with Gasteiger partial charge < -0.3 is 10.1 Å². The van der Waals surface area contributed by atoms with Crippen LogP contribution in [0.5, 0.6) is 0 Å². The second-order valence-electron chi connectivity index (χ2n) is 6.91. The fraction of sp³-hybridized carbons (Fsp3) is 0.333. The number of carbonyl (C=O) groups is 1. The summed E-state index contributed by atoms with van der Waals surface area (Å²) < 4.78 is 33.4. The number of hydrogen-bond donors (Lipinski definition) is 1. The van der Waals surface area contributed by atoms with Gasteiger partial charge in [-0.05, 0) is 30.0 Å². The Bertz CT molecular complexity index is 817. The van der Waals surface area contributed by atoms with E-state index in [9.17, 15) is 13.6 Å². The standard InChI is InChI=1S/C21H22F2N2O2/c1-13(2)19(25-20(26)18-16(22)9-6-10-17(18)23)21-24-15(12-27-21)11-14-7-4-3-5-8-14/h3-10,13,15,19H,11-12H2,1-2H3,(H,25,26)/t15-,19-/m0/s1. The summed E-state index contributed by atoms with van der Waals surface area (Å²) in [7, 11) is 0. The molecule has 0 radical (unpaired) electrons. The van der Waals surface area contributed by atoms with Crippen molar-refractivity contribution in [3.05, 3.63) is 71.3 Å². The van der Waals surface area contributed by atoms with Crippen LogP contribution in [-0.4, -0.2) is 30.5 Å². The minimum Gasteiger partial charge on any atom is -0.477 e. The van der Waals surface area contributed by atoms with Crippen molar-refractivity contribution in [1.82, 2.24) is 5.32 Å². The lowest BCUT2D eigenvalue weighted by atomic mass is 10.0. The van der Waals surface area contributed by atoms with E-state index in [4.69, 9.17) is 4.74 Å². The Balaban J connectivity index is 1.74. The van der Waals surface area contributed by atoms with Gasteiger partial charge in [-0.15, -0.1) is 0 Å². The molecule has 2 aromatic carbocycles. The summed E-state index contributed by atoms with van der Waals surface area (Å²) in [5.74, 6) is -2.27. The lowest BCUT2D eigenvalue weighted by Crippen LogP contribution is -2.45. The average molecular weight is 372 g/mol. The molecule has 1 amide bonds. The highest BCUT2D eigenvalue weighted by Crippen LogP contribution is 2.18. The van der Waals surface area contributed by atoms with Gasteiger partial charge in [0.1, 0.15) is 29.8 Å². The van der Waals surface area contributed by atoms with Crippen molar-refractivity contribution >= 4 is 11.8 Å². The molecule has 1 heterocycles. The molecule has 1 aliphatic heterocycles. The summed E-state index contributed by atoms with van der Waals surface area (Å²) in [6, 6.07) is 12.7. The highest BCUT2D eigenvalue weighted by atomic mass is 19.1. The first-order valence-electron chi connectivity index (χ1n) is 8.95. The molecule has 142 valence electrons. The number of hydrogen-bond acceptors (Lipinski definition) is 3. The molecule has 0 fully saturated rings. The lowest BCUT2D eigenvalue weighted by molar-refractivity contribution is 0.0926. The van der Waals surface area contributed by atoms with Crippen LogP contribution in [0.3, 0.4) is 0 Å². The van der Waals surface area contributed by atoms with E-state index in [-0.39, 0.29) is 12.0 Å². The third-order valence-electron chi connectivity index (χ3n) is 4.46. The molecule has 0 unspecified atom stereocenters. The molecule has 4 nitrogen and oxygen atoms in total. The number of aliphatic imine (C=N–C) groups is 1. The number of rotatable bonds is 6. The molecule has 27 heavy (non-hydrogen) atoms. The summed E-state index contributed by atoms with van der Waals surface area (Å²) >= 11 is 0. The number of amides is 1. The minimum absolute atomic E-state index is 0.0502. The van der Waals surface area contributed by atoms with Crippen LogP contribution in [0.2, 0.25) is 0 Å². The van der Waals surface area contributed by atoms with Crippen LogP contribution >= 0.6 is 0 Å². The number of nitrogens with zero attached hydrogens (tertiary/aromatic N) is 1. The summed E-state index contributed by atoms with van der Waals surface area (Å²) in [4.78, 5) is 17.0. The second-order valence-corrected chi connectivity index (χ2v) is 6.91. The van der Waals surface area contributed by atoms with E-state index >= 15 is 0 Å². The van der Waals surface area contributed by atoms with Gasteiger partial charge in [0.15, 0.2) is 0 Å². The maximum atomic E-state index is 13.9. The van der Waals surface area contributed by atoms with Gasteiger partial charge in [0.05, 0.1) is 6.04 Å². The first-order chi connectivity index (χ1) is 13.0. The highest BCUT2D eigenvalue weighted by Gasteiger charge is 2.31. The highest BCUT2D eigenvalue weighted by molar-refractivity contribution is 5.98. The first-order valence-corrected chi connectivity index (χ1v) is 8.95. The summed E-state index contributed by atoms with van der Waals surface area (Å²) in [5, 5.41) is 2.67. The van der Waals surface area contributed by atoms with E-state index in [1.54, 1.807) is 0 Å². The molecular formula is C21H22F2N2O2. The van der Waals surface area contributed by atoms with Gasteiger partial charge >= 0.3 is 0 Å². The van der Waals surface area contributed by atoms with Crippen LogP contribution in [0.1, 0.15) is 29.8 Å². The van der Waals surface area contributed by atoms with E-state index in [0.29, 0.717) is 12.5 Å². The molecule has 1 aliphatic rings. The number of halogens is 2. The predicted octanol–water partition coefficient (Wildman–Crippen LogP) is 3.76. The van der Waals surface area contributed by atoms with Crippen LogP contribution in [0.15, 0.2) is 53.5 Å². The minimum atomic E-state index is -0.897. The van der Waals surface area contributed by atoms with E-state index in [1.807, 2.05) is 44.2 Å². The Morgan fingerprint density at radius 3 is 2.44 bits per heavy atom. The Labute approximate surface area is 157 Å². The van der Waals surface area contributed by atoms with Gasteiger partial charge in [0.25, 0.3) is 5.91 Å². The monoisotopic (exact) mass is 372 g/mol. The van der Waals surface area contributed by atoms with Crippen LogP contribution in [0.4, 0.5) is 8.78 Å². The third-order valence-corrected chi connectivity index (χ3v) is 4.46. The molecule has 0 aromatic heterocycles. The van der Waals surface area contributed by atoms with Crippen LogP contribution in [0.25, 0.3) is 0 Å². The SMILES string of the molecule is CC(C)[C@H](NC(=O)c1c(F)cccc1F)C1=N[C@@H](Cc2ccccc2)CO1. The van der Waals surface area contributed by atoms with E-state index in [1.165, 1.54) is 6.07 Å². The van der Waals surface area contributed by atoms with Crippen molar-refractivity contribution in [1.29, 1.82) is 0 Å². The smallest absolute Gasteiger partial charge is 0.257 e. The quantitative estimate of drug-likeness (QED) is 0.839. The van der Waals surface area contributed by atoms with Crippen molar-refractivity contribution in [3.63, 3.8) is 0 Å². The molecule has 0 spiro atoms. The molecule has 0 bridgehead atoms. The van der Waals surface area contributed by atoms with E-state index in [2.05, 4.69) is 10.3 Å². The molecule has 0 saturated heterocycles. The number of benzene rings is 2. The van der Waals surface area contributed by atoms with Crippen molar-refractivity contribution < 1.29 is 18.3 Å². The zero-order chi connectivity index (χ0) is 19.4. The number of ether oxygens (including phenoxy) is 1. The Kier molecular flexibility index (Phi) is 5.84. The van der Waals surface area contributed by atoms with Gasteiger partial charge in [0.2, 0.25) is 5.90 Å². The average Bonchev–Trinajstić information content (AvgIpc) is 3.08. The van der Waals surface area contributed by atoms with Crippen molar-refractivity contribution in [2.24, 2.45) is 10.9 Å². The van der Waals surface area contributed by atoms with Crippen LogP contribution in [-0.2, 0) is 11.2 Å². The zero-order valence-corrected chi connectivity index (χ0v) is 15.3. The Morgan fingerprint density at radius 2 is 1.81 bits per heavy atom. The maximum absolute atomic E-state index is 13.9. The van der Waals surface area contributed by atoms with Crippen molar-refractivity contribution in [2.75, 3.05) is 6.61 Å². The zero-order valence-electron chi connectivity index (χ0n) is 15.3. The summed E-state index contributed by atoms with van der Waals surface area (Å²) in [6.45, 7) is 4.19. The second kappa shape index (κ2) is 8.29. The predicted molar refractivity (Wildman–Crippen MR) is 99.8 cm³/mol. The van der Waals surface area contributed by atoms with Crippen LogP contribution < -0.4 is 5.32 Å². The van der Waals surface area contributed by atoms with Crippen molar-refractivity contribution in [2.45, 2.75) is 32.4 Å². The van der Waals surface area contributed by atoms with Gasteiger partial charge in [-0.2, -0.15) is 0 Å². The molecular weight excluding hydrogens is 350 g/mol. The molecule has 0 aliphatic carbocycles. The molecule has 6 heteroatoms. The van der Waals surface area contributed by atoms with E-state index in [0.717, 1.165) is 24.1 Å². The van der Waals surface area contributed by atoms with Gasteiger partial charge in [-0.25, -0.2) is 13.8 Å². The largest absolute Gasteiger partial charge is 0.477 e. The summed E-state index contributed by atoms with van der Waals surface area (Å²) in [6.07, 6.45) is 0.727. The van der Waals surface area contributed by atoms with Gasteiger partial charge in [-0.3, -0.25) is 4.79 Å². The topological polar surface area (TPSA) is 50.7 Å². The Hall–Kier alpha value is -2.76. The lowest BCUT2D eigenvalue weighted by Gasteiger charge is -2.22. The fourth-order valence-corrected chi connectivity index (χ4v) is 3.04. The van der Waals surface area contributed by atoms with Crippen LogP contribution in [0, 0.1) is 17.6 Å². The van der Waals surface area contributed by atoms with Gasteiger partial charge in [-0.1, -0.05) is 50.2 Å². The molecule has 0 saturated carbocycles. The molecule has 3 rings (SSSR count). The van der Waals surface area contributed by atoms with Crippen molar-refractivity contribution in [3.8, 4) is 0 Å². The van der Waals surface area contributed by atoms with E-state index < -0.39 is 29.1 Å². The molecule has 1 N–H and O–H groups in total. The normalized spacial score (nSPS) is 17.4. The Morgan fingerprint density at radius 1 is 1.15 bits per heavy atom. The number of nitrogens with one attached hydrogen (secondary N) is 1. The third kappa shape index (κ3) is 4.51. The first kappa shape index (κ1) is 19.0. The molecule has 2 aromatic rings. The fourth-order valence-electron chi connectivity index (χ4n) is 3.04. The van der Waals surface area contributed by atoms with Gasteiger partial charge in [0, 0.05) is 0 Å². The number of carbonyl (C=O) groups excluding carboxylic acids is 1.